The van der Waals surface area contributed by atoms with Gasteiger partial charge in [-0.1, -0.05) is 50.2 Å². The van der Waals surface area contributed by atoms with Crippen LogP contribution in [0.5, 0.6) is 0 Å². The summed E-state index contributed by atoms with van der Waals surface area (Å²) in [6.45, 7) is 4.68. The molecule has 0 aliphatic carbocycles. The number of ketones is 1. The molecule has 4 heteroatoms. The van der Waals surface area contributed by atoms with E-state index in [1.165, 1.54) is 10.9 Å². The number of rotatable bonds is 4. The molecule has 0 aliphatic heterocycles. The number of carbonyl (C=O) groups excluding carboxylic acids is 1. The van der Waals surface area contributed by atoms with E-state index in [0.29, 0.717) is 12.5 Å². The molecule has 3 aromatic rings. The van der Waals surface area contributed by atoms with Gasteiger partial charge in [0.2, 0.25) is 0 Å². The highest BCUT2D eigenvalue weighted by Gasteiger charge is 2.13. The van der Waals surface area contributed by atoms with Crippen molar-refractivity contribution in [2.75, 3.05) is 0 Å². The van der Waals surface area contributed by atoms with E-state index >= 15 is 0 Å². The number of imidazole rings is 1. The predicted molar refractivity (Wildman–Crippen MR) is 91.8 cm³/mol. The molecule has 0 N–H and O–H groups in total. The molecule has 22 heavy (non-hydrogen) atoms. The zero-order valence-electron chi connectivity index (χ0n) is 12.7. The fourth-order valence-electron chi connectivity index (χ4n) is 2.70. The van der Waals surface area contributed by atoms with Gasteiger partial charge in [-0.05, 0) is 22.3 Å². The average molecular weight is 315 g/mol. The fourth-order valence-corrected chi connectivity index (χ4v) is 2.70. The standard InChI is InChI=1S/C18H18N2O.ClH/c1-13(2)14-7-8-17(16-6-4-3-5-15(14)16)18(21)11-20-10-9-19-12-20;/h3-10,12-13H,11H2,1-2H3;1H. The quantitative estimate of drug-likeness (QED) is 0.666. The predicted octanol–water partition coefficient (Wildman–Crippen LogP) is 4.46. The van der Waals surface area contributed by atoms with Crippen LogP contribution in [-0.4, -0.2) is 15.3 Å². The summed E-state index contributed by atoms with van der Waals surface area (Å²) in [5, 5.41) is 2.21. The maximum absolute atomic E-state index is 12.6. The van der Waals surface area contributed by atoms with E-state index in [1.54, 1.807) is 17.1 Å². The van der Waals surface area contributed by atoms with Crippen molar-refractivity contribution in [3.8, 4) is 0 Å². The van der Waals surface area contributed by atoms with Crippen LogP contribution in [0, 0.1) is 0 Å². The highest BCUT2D eigenvalue weighted by Crippen LogP contribution is 2.28. The minimum absolute atomic E-state index is 0. The lowest BCUT2D eigenvalue weighted by Gasteiger charge is -2.13. The molecule has 114 valence electrons. The van der Waals surface area contributed by atoms with E-state index in [1.807, 2.05) is 30.5 Å². The van der Waals surface area contributed by atoms with Crippen molar-refractivity contribution in [1.82, 2.24) is 9.55 Å². The first-order valence-corrected chi connectivity index (χ1v) is 7.17. The maximum Gasteiger partial charge on any atom is 0.183 e. The van der Waals surface area contributed by atoms with Gasteiger partial charge in [-0.25, -0.2) is 4.98 Å². The summed E-state index contributed by atoms with van der Waals surface area (Å²) in [6.07, 6.45) is 5.17. The van der Waals surface area contributed by atoms with Crippen molar-refractivity contribution in [1.29, 1.82) is 0 Å². The van der Waals surface area contributed by atoms with Crippen molar-refractivity contribution < 1.29 is 4.79 Å². The molecule has 0 aliphatic rings. The van der Waals surface area contributed by atoms with Crippen LogP contribution in [-0.2, 0) is 6.54 Å². The van der Waals surface area contributed by atoms with E-state index in [9.17, 15) is 4.79 Å². The monoisotopic (exact) mass is 314 g/mol. The number of aromatic nitrogens is 2. The summed E-state index contributed by atoms with van der Waals surface area (Å²) in [4.78, 5) is 16.5. The van der Waals surface area contributed by atoms with E-state index in [2.05, 4.69) is 31.0 Å². The molecular formula is C18H19ClN2O. The third kappa shape index (κ3) is 3.04. The summed E-state index contributed by atoms with van der Waals surface area (Å²) in [5.41, 5.74) is 2.06. The van der Waals surface area contributed by atoms with Crippen molar-refractivity contribution >= 4 is 29.0 Å². The van der Waals surface area contributed by atoms with Crippen LogP contribution in [0.15, 0.2) is 55.1 Å². The van der Waals surface area contributed by atoms with Gasteiger partial charge in [0, 0.05) is 18.0 Å². The first kappa shape index (κ1) is 16.2. The molecule has 0 unspecified atom stereocenters. The lowest BCUT2D eigenvalue weighted by Crippen LogP contribution is -2.10. The Hall–Kier alpha value is -2.13. The Bertz CT molecular complexity index is 779. The summed E-state index contributed by atoms with van der Waals surface area (Å²) >= 11 is 0. The minimum atomic E-state index is 0. The number of fused-ring (bicyclic) bond motifs is 1. The molecular weight excluding hydrogens is 296 g/mol. The molecule has 1 aromatic heterocycles. The molecule has 1 heterocycles. The second kappa shape index (κ2) is 6.75. The summed E-state index contributed by atoms with van der Waals surface area (Å²) < 4.78 is 1.80. The second-order valence-corrected chi connectivity index (χ2v) is 5.56. The van der Waals surface area contributed by atoms with E-state index < -0.39 is 0 Å². The Morgan fingerprint density at radius 2 is 1.86 bits per heavy atom. The highest BCUT2D eigenvalue weighted by atomic mass is 35.5. The smallest absolute Gasteiger partial charge is 0.183 e. The first-order chi connectivity index (χ1) is 10.2. The van der Waals surface area contributed by atoms with Gasteiger partial charge in [0.15, 0.2) is 5.78 Å². The summed E-state index contributed by atoms with van der Waals surface area (Å²) in [6, 6.07) is 12.2. The molecule has 0 bridgehead atoms. The second-order valence-electron chi connectivity index (χ2n) is 5.56. The number of carbonyl (C=O) groups is 1. The summed E-state index contributed by atoms with van der Waals surface area (Å²) in [5.74, 6) is 0.548. The Morgan fingerprint density at radius 1 is 1.14 bits per heavy atom. The number of hydrogen-bond donors (Lipinski definition) is 0. The van der Waals surface area contributed by atoms with Crippen molar-refractivity contribution in [2.45, 2.75) is 26.3 Å². The Labute approximate surface area is 136 Å². The van der Waals surface area contributed by atoms with Crippen LogP contribution >= 0.6 is 12.4 Å². The lowest BCUT2D eigenvalue weighted by molar-refractivity contribution is 0.0973. The van der Waals surface area contributed by atoms with Crippen molar-refractivity contribution in [3.05, 3.63) is 66.2 Å². The first-order valence-electron chi connectivity index (χ1n) is 7.17. The molecule has 0 saturated carbocycles. The Kier molecular flexibility index (Phi) is 4.99. The molecule has 3 rings (SSSR count). The molecule has 0 atom stereocenters. The number of halogens is 1. The van der Waals surface area contributed by atoms with Crippen LogP contribution in [0.3, 0.4) is 0 Å². The Balaban J connectivity index is 0.00000176. The van der Waals surface area contributed by atoms with Gasteiger partial charge >= 0.3 is 0 Å². The normalized spacial score (nSPS) is 10.7. The third-order valence-electron chi connectivity index (χ3n) is 3.77. The number of hydrogen-bond acceptors (Lipinski definition) is 2. The largest absolute Gasteiger partial charge is 0.330 e. The van der Waals surface area contributed by atoms with Crippen molar-refractivity contribution in [2.24, 2.45) is 0 Å². The highest BCUT2D eigenvalue weighted by molar-refractivity contribution is 6.08. The Morgan fingerprint density at radius 3 is 2.50 bits per heavy atom. The van der Waals surface area contributed by atoms with Gasteiger partial charge in [-0.2, -0.15) is 0 Å². The third-order valence-corrected chi connectivity index (χ3v) is 3.77. The van der Waals surface area contributed by atoms with Crippen LogP contribution in [0.2, 0.25) is 0 Å². The number of Topliss-reactive ketones (excluding diaryl/α,β-unsaturated/α-hetero) is 1. The van der Waals surface area contributed by atoms with E-state index in [0.717, 1.165) is 10.9 Å². The zero-order valence-corrected chi connectivity index (χ0v) is 13.5. The molecule has 0 amide bonds. The lowest BCUT2D eigenvalue weighted by atomic mass is 9.92. The van der Waals surface area contributed by atoms with Crippen molar-refractivity contribution in [3.63, 3.8) is 0 Å². The van der Waals surface area contributed by atoms with Crippen LogP contribution in [0.25, 0.3) is 10.8 Å². The number of nitrogens with zero attached hydrogens (tertiary/aromatic N) is 2. The van der Waals surface area contributed by atoms with Gasteiger partial charge in [0.1, 0.15) is 0 Å². The summed E-state index contributed by atoms with van der Waals surface area (Å²) in [7, 11) is 0. The van der Waals surface area contributed by atoms with Gasteiger partial charge < -0.3 is 4.57 Å². The van der Waals surface area contributed by atoms with E-state index in [4.69, 9.17) is 0 Å². The minimum Gasteiger partial charge on any atom is -0.330 e. The van der Waals surface area contributed by atoms with Crippen LogP contribution in [0.4, 0.5) is 0 Å². The molecule has 3 nitrogen and oxygen atoms in total. The SMILES string of the molecule is CC(C)c1ccc(C(=O)Cn2ccnc2)c2ccccc12.Cl. The topological polar surface area (TPSA) is 34.9 Å². The number of benzene rings is 2. The molecule has 0 fully saturated rings. The molecule has 0 saturated heterocycles. The average Bonchev–Trinajstić information content (AvgIpc) is 2.98. The van der Waals surface area contributed by atoms with Gasteiger partial charge in [0.05, 0.1) is 12.9 Å². The van der Waals surface area contributed by atoms with E-state index in [-0.39, 0.29) is 18.2 Å². The zero-order chi connectivity index (χ0) is 14.8. The van der Waals surface area contributed by atoms with Gasteiger partial charge in [0.25, 0.3) is 0 Å². The van der Waals surface area contributed by atoms with Gasteiger partial charge in [-0.15, -0.1) is 12.4 Å². The molecule has 2 aromatic carbocycles. The molecule has 0 spiro atoms. The fraction of sp³-hybridized carbons (Fsp3) is 0.222. The van der Waals surface area contributed by atoms with Gasteiger partial charge in [-0.3, -0.25) is 4.79 Å². The maximum atomic E-state index is 12.6. The molecule has 0 radical (unpaired) electrons. The van der Waals surface area contributed by atoms with Crippen LogP contribution in [0.1, 0.15) is 35.7 Å². The van der Waals surface area contributed by atoms with Crippen LogP contribution < -0.4 is 0 Å².